The lowest BCUT2D eigenvalue weighted by Gasteiger charge is -2.04. The summed E-state index contributed by atoms with van der Waals surface area (Å²) < 4.78 is 0.899. The Balaban J connectivity index is 1.89. The van der Waals surface area contributed by atoms with Crippen molar-refractivity contribution in [3.8, 4) is 0 Å². The second-order valence-corrected chi connectivity index (χ2v) is 4.99. The van der Waals surface area contributed by atoms with Gasteiger partial charge in [0.25, 0.3) is 5.91 Å². The van der Waals surface area contributed by atoms with Crippen LogP contribution >= 0.6 is 11.3 Å². The number of nitrogens with zero attached hydrogens (tertiary/aromatic N) is 2. The molecule has 0 fully saturated rings. The fraction of sp³-hybridized carbons (Fsp3) is 0. The van der Waals surface area contributed by atoms with Gasteiger partial charge in [0.2, 0.25) is 0 Å². The van der Waals surface area contributed by atoms with E-state index in [1.165, 1.54) is 11.3 Å². The maximum Gasteiger partial charge on any atom is 0.255 e. The molecule has 0 saturated heterocycles. The number of carbonyl (C=O) groups excluding carboxylic acids is 1. The molecule has 0 aliphatic heterocycles. The van der Waals surface area contributed by atoms with Crippen LogP contribution in [0.15, 0.2) is 42.7 Å². The predicted octanol–water partition coefficient (Wildman–Crippen LogP) is 2.53. The second kappa shape index (κ2) is 4.66. The molecule has 2 heterocycles. The van der Waals surface area contributed by atoms with E-state index in [1.54, 1.807) is 42.7 Å². The number of thiazole rings is 1. The SMILES string of the molecule is Nc1nc2ccc(C(=O)Nc3cccnc3)cc2s1. The van der Waals surface area contributed by atoms with Crippen molar-refractivity contribution in [1.29, 1.82) is 0 Å². The molecule has 2 aromatic heterocycles. The number of aromatic nitrogens is 2. The number of fused-ring (bicyclic) bond motifs is 1. The minimum atomic E-state index is -0.179. The van der Waals surface area contributed by atoms with Gasteiger partial charge in [0.1, 0.15) is 0 Å². The molecule has 0 aliphatic carbocycles. The number of hydrogen-bond donors (Lipinski definition) is 2. The highest BCUT2D eigenvalue weighted by Gasteiger charge is 2.09. The van der Waals surface area contributed by atoms with Gasteiger partial charge < -0.3 is 11.1 Å². The summed E-state index contributed by atoms with van der Waals surface area (Å²) in [6.07, 6.45) is 3.25. The number of nitrogens with one attached hydrogen (secondary N) is 1. The van der Waals surface area contributed by atoms with E-state index in [-0.39, 0.29) is 5.91 Å². The van der Waals surface area contributed by atoms with Crippen LogP contribution in [-0.2, 0) is 0 Å². The number of anilines is 2. The Morgan fingerprint density at radius 2 is 2.21 bits per heavy atom. The first-order valence-corrected chi connectivity index (χ1v) is 6.41. The Morgan fingerprint density at radius 3 is 3.00 bits per heavy atom. The van der Waals surface area contributed by atoms with Crippen LogP contribution < -0.4 is 11.1 Å². The summed E-state index contributed by atoms with van der Waals surface area (Å²) in [6, 6.07) is 8.86. The van der Waals surface area contributed by atoms with E-state index >= 15 is 0 Å². The zero-order valence-electron chi connectivity index (χ0n) is 9.83. The lowest BCUT2D eigenvalue weighted by Crippen LogP contribution is -2.11. The van der Waals surface area contributed by atoms with Gasteiger partial charge in [-0.15, -0.1) is 0 Å². The highest BCUT2D eigenvalue weighted by atomic mass is 32.1. The molecule has 1 amide bonds. The molecular formula is C13H10N4OS. The molecule has 3 aromatic rings. The van der Waals surface area contributed by atoms with Crippen LogP contribution in [0.1, 0.15) is 10.4 Å². The zero-order valence-corrected chi connectivity index (χ0v) is 10.6. The van der Waals surface area contributed by atoms with Crippen molar-refractivity contribution in [2.24, 2.45) is 0 Å². The average Bonchev–Trinajstić information content (AvgIpc) is 2.78. The molecule has 0 bridgehead atoms. The van der Waals surface area contributed by atoms with Crippen molar-refractivity contribution >= 4 is 38.3 Å². The van der Waals surface area contributed by atoms with Gasteiger partial charge in [0.05, 0.1) is 22.1 Å². The number of hydrogen-bond acceptors (Lipinski definition) is 5. The molecule has 1 aromatic carbocycles. The molecule has 5 nitrogen and oxygen atoms in total. The molecule has 0 radical (unpaired) electrons. The fourth-order valence-electron chi connectivity index (χ4n) is 1.72. The van der Waals surface area contributed by atoms with Crippen LogP contribution in [0.4, 0.5) is 10.8 Å². The van der Waals surface area contributed by atoms with Gasteiger partial charge >= 0.3 is 0 Å². The number of benzene rings is 1. The Labute approximate surface area is 113 Å². The number of nitrogen functional groups attached to an aromatic ring is 1. The van der Waals surface area contributed by atoms with Crippen LogP contribution in [-0.4, -0.2) is 15.9 Å². The maximum absolute atomic E-state index is 12.1. The molecule has 0 spiro atoms. The third kappa shape index (κ3) is 2.38. The standard InChI is InChI=1S/C13H10N4OS/c14-13-17-10-4-3-8(6-11(10)19-13)12(18)16-9-2-1-5-15-7-9/h1-7H,(H2,14,17)(H,16,18). The summed E-state index contributed by atoms with van der Waals surface area (Å²) in [6.45, 7) is 0. The molecule has 3 rings (SSSR count). The second-order valence-electron chi connectivity index (χ2n) is 3.93. The first-order chi connectivity index (χ1) is 9.22. The van der Waals surface area contributed by atoms with Crippen molar-refractivity contribution in [2.75, 3.05) is 11.1 Å². The van der Waals surface area contributed by atoms with E-state index in [2.05, 4.69) is 15.3 Å². The lowest BCUT2D eigenvalue weighted by atomic mass is 10.2. The summed E-state index contributed by atoms with van der Waals surface area (Å²) in [7, 11) is 0. The van der Waals surface area contributed by atoms with Gasteiger partial charge in [0.15, 0.2) is 5.13 Å². The van der Waals surface area contributed by atoms with Crippen molar-refractivity contribution < 1.29 is 4.79 Å². The summed E-state index contributed by atoms with van der Waals surface area (Å²) in [5.74, 6) is -0.179. The normalized spacial score (nSPS) is 10.5. The van der Waals surface area contributed by atoms with Gasteiger partial charge in [-0.2, -0.15) is 0 Å². The zero-order chi connectivity index (χ0) is 13.2. The number of pyridine rings is 1. The molecular weight excluding hydrogens is 260 g/mol. The third-order valence-corrected chi connectivity index (χ3v) is 3.43. The molecule has 0 atom stereocenters. The Bertz CT molecular complexity index is 739. The van der Waals surface area contributed by atoms with Crippen molar-refractivity contribution in [1.82, 2.24) is 9.97 Å². The third-order valence-electron chi connectivity index (χ3n) is 2.59. The van der Waals surface area contributed by atoms with Crippen molar-refractivity contribution in [3.63, 3.8) is 0 Å². The van der Waals surface area contributed by atoms with Gasteiger partial charge in [-0.3, -0.25) is 9.78 Å². The smallest absolute Gasteiger partial charge is 0.255 e. The van der Waals surface area contributed by atoms with Gasteiger partial charge in [-0.1, -0.05) is 11.3 Å². The molecule has 94 valence electrons. The molecule has 19 heavy (non-hydrogen) atoms. The monoisotopic (exact) mass is 270 g/mol. The summed E-state index contributed by atoms with van der Waals surface area (Å²) >= 11 is 1.36. The quantitative estimate of drug-likeness (QED) is 0.749. The molecule has 3 N–H and O–H groups in total. The first-order valence-electron chi connectivity index (χ1n) is 5.60. The number of carbonyl (C=O) groups is 1. The largest absolute Gasteiger partial charge is 0.375 e. The summed E-state index contributed by atoms with van der Waals surface area (Å²) in [5.41, 5.74) is 7.68. The maximum atomic E-state index is 12.1. The molecule has 6 heteroatoms. The van der Waals surface area contributed by atoms with Crippen LogP contribution in [0, 0.1) is 0 Å². The highest BCUT2D eigenvalue weighted by Crippen LogP contribution is 2.24. The van der Waals surface area contributed by atoms with Crippen molar-refractivity contribution in [3.05, 3.63) is 48.3 Å². The topological polar surface area (TPSA) is 80.9 Å². The van der Waals surface area contributed by atoms with Crippen LogP contribution in [0.25, 0.3) is 10.2 Å². The average molecular weight is 270 g/mol. The summed E-state index contributed by atoms with van der Waals surface area (Å²) in [5, 5.41) is 3.28. The van der Waals surface area contributed by atoms with E-state index in [9.17, 15) is 4.79 Å². The van der Waals surface area contributed by atoms with E-state index in [0.717, 1.165) is 10.2 Å². The minimum Gasteiger partial charge on any atom is -0.375 e. The van der Waals surface area contributed by atoms with E-state index in [4.69, 9.17) is 5.73 Å². The number of amides is 1. The van der Waals surface area contributed by atoms with Crippen LogP contribution in [0.3, 0.4) is 0 Å². The Morgan fingerprint density at radius 1 is 1.32 bits per heavy atom. The van der Waals surface area contributed by atoms with Crippen molar-refractivity contribution in [2.45, 2.75) is 0 Å². The number of rotatable bonds is 2. The fourth-order valence-corrected chi connectivity index (χ4v) is 2.50. The lowest BCUT2D eigenvalue weighted by molar-refractivity contribution is 0.102. The number of nitrogens with two attached hydrogens (primary N) is 1. The van der Waals surface area contributed by atoms with E-state index < -0.39 is 0 Å². The van der Waals surface area contributed by atoms with E-state index in [1.807, 2.05) is 0 Å². The molecule has 0 unspecified atom stereocenters. The molecule has 0 saturated carbocycles. The van der Waals surface area contributed by atoms with Gasteiger partial charge in [-0.25, -0.2) is 4.98 Å². The van der Waals surface area contributed by atoms with E-state index in [0.29, 0.717) is 16.4 Å². The van der Waals surface area contributed by atoms with Crippen LogP contribution in [0.2, 0.25) is 0 Å². The Kier molecular flexibility index (Phi) is 2.85. The Hall–Kier alpha value is -2.47. The predicted molar refractivity (Wildman–Crippen MR) is 76.2 cm³/mol. The first kappa shape index (κ1) is 11.6. The molecule has 0 aliphatic rings. The summed E-state index contributed by atoms with van der Waals surface area (Å²) in [4.78, 5) is 20.2. The minimum absolute atomic E-state index is 0.179. The van der Waals surface area contributed by atoms with Gasteiger partial charge in [-0.05, 0) is 30.3 Å². The van der Waals surface area contributed by atoms with Gasteiger partial charge in [0, 0.05) is 11.8 Å². The highest BCUT2D eigenvalue weighted by molar-refractivity contribution is 7.22. The van der Waals surface area contributed by atoms with Crippen LogP contribution in [0.5, 0.6) is 0 Å².